The summed E-state index contributed by atoms with van der Waals surface area (Å²) in [5, 5.41) is 15.4. The summed E-state index contributed by atoms with van der Waals surface area (Å²) in [7, 11) is 0. The lowest BCUT2D eigenvalue weighted by Gasteiger charge is -2.21. The van der Waals surface area contributed by atoms with Gasteiger partial charge in [0.05, 0.1) is 13.2 Å². The van der Waals surface area contributed by atoms with Crippen LogP contribution in [0.15, 0.2) is 0 Å². The summed E-state index contributed by atoms with van der Waals surface area (Å²) in [6, 6.07) is 0.360. The molecule has 1 atom stereocenters. The molecule has 1 rings (SSSR count). The molecule has 1 saturated carbocycles. The van der Waals surface area contributed by atoms with Gasteiger partial charge in [0.2, 0.25) is 5.91 Å². The summed E-state index contributed by atoms with van der Waals surface area (Å²) >= 11 is 0. The molecular weight excluding hydrogens is 228 g/mol. The number of rotatable bonds is 6. The van der Waals surface area contributed by atoms with Crippen molar-refractivity contribution < 1.29 is 9.90 Å². The van der Waals surface area contributed by atoms with Crippen LogP contribution in [0.25, 0.3) is 0 Å². The fourth-order valence-electron chi connectivity index (χ4n) is 2.44. The summed E-state index contributed by atoms with van der Waals surface area (Å²) in [6.07, 6.45) is 7.26. The minimum atomic E-state index is 0.00452. The number of aliphatic hydroxyl groups excluding tert-OH is 1. The number of hydrogen-bond acceptors (Lipinski definition) is 3. The molecule has 0 radical (unpaired) electrons. The molecule has 1 aliphatic rings. The van der Waals surface area contributed by atoms with E-state index in [1.54, 1.807) is 0 Å². The van der Waals surface area contributed by atoms with Crippen LogP contribution in [-0.2, 0) is 4.79 Å². The number of aliphatic hydroxyl groups is 1. The van der Waals surface area contributed by atoms with E-state index in [1.165, 1.54) is 25.7 Å². The van der Waals surface area contributed by atoms with Crippen molar-refractivity contribution in [1.82, 2.24) is 10.6 Å². The Morgan fingerprint density at radius 1 is 1.22 bits per heavy atom. The van der Waals surface area contributed by atoms with Crippen molar-refractivity contribution in [3.63, 3.8) is 0 Å². The highest BCUT2D eigenvalue weighted by Crippen LogP contribution is 2.16. The van der Waals surface area contributed by atoms with Crippen LogP contribution in [0.1, 0.15) is 52.4 Å². The van der Waals surface area contributed by atoms with Crippen molar-refractivity contribution in [2.75, 3.05) is 13.2 Å². The van der Waals surface area contributed by atoms with Gasteiger partial charge in [0, 0.05) is 12.1 Å². The first-order valence-electron chi connectivity index (χ1n) is 7.27. The Balaban J connectivity index is 2.23. The van der Waals surface area contributed by atoms with E-state index in [4.69, 9.17) is 0 Å². The molecule has 18 heavy (non-hydrogen) atoms. The smallest absolute Gasteiger partial charge is 0.234 e. The molecule has 4 heteroatoms. The average Bonchev–Trinajstić information content (AvgIpc) is 2.58. The van der Waals surface area contributed by atoms with E-state index in [0.29, 0.717) is 18.5 Å². The summed E-state index contributed by atoms with van der Waals surface area (Å²) in [5.41, 5.74) is 0. The Hall–Kier alpha value is -0.610. The molecule has 0 aliphatic heterocycles. The van der Waals surface area contributed by atoms with Gasteiger partial charge in [0.15, 0.2) is 0 Å². The summed E-state index contributed by atoms with van der Waals surface area (Å²) in [6.45, 7) is 4.46. The average molecular weight is 256 g/mol. The van der Waals surface area contributed by atoms with Crippen molar-refractivity contribution in [3.05, 3.63) is 0 Å². The van der Waals surface area contributed by atoms with E-state index in [1.807, 2.05) is 13.8 Å². The van der Waals surface area contributed by atoms with Gasteiger partial charge in [-0.25, -0.2) is 0 Å². The van der Waals surface area contributed by atoms with Gasteiger partial charge in [0.1, 0.15) is 0 Å². The Morgan fingerprint density at radius 3 is 2.33 bits per heavy atom. The molecule has 1 unspecified atom stereocenters. The highest BCUT2D eigenvalue weighted by molar-refractivity contribution is 5.78. The zero-order valence-corrected chi connectivity index (χ0v) is 11.7. The second-order valence-corrected chi connectivity index (χ2v) is 5.67. The molecule has 4 nitrogen and oxygen atoms in total. The van der Waals surface area contributed by atoms with Crippen LogP contribution in [0.5, 0.6) is 0 Å². The topological polar surface area (TPSA) is 61.4 Å². The molecule has 0 aromatic carbocycles. The Morgan fingerprint density at radius 2 is 1.83 bits per heavy atom. The molecule has 3 N–H and O–H groups in total. The third kappa shape index (κ3) is 5.83. The van der Waals surface area contributed by atoms with Gasteiger partial charge < -0.3 is 15.7 Å². The fraction of sp³-hybridized carbons (Fsp3) is 0.929. The highest BCUT2D eigenvalue weighted by atomic mass is 16.3. The summed E-state index contributed by atoms with van der Waals surface area (Å²) in [5.74, 6) is 0.390. The Kier molecular flexibility index (Phi) is 7.28. The first-order chi connectivity index (χ1) is 8.63. The predicted molar refractivity (Wildman–Crippen MR) is 73.3 cm³/mol. The first kappa shape index (κ1) is 15.4. The van der Waals surface area contributed by atoms with Gasteiger partial charge >= 0.3 is 0 Å². The van der Waals surface area contributed by atoms with E-state index in [2.05, 4.69) is 10.6 Å². The molecule has 1 aliphatic carbocycles. The second kappa shape index (κ2) is 8.48. The maximum absolute atomic E-state index is 11.8. The predicted octanol–water partition coefficient (Wildman–Crippen LogP) is 1.43. The Bertz CT molecular complexity index is 236. The third-order valence-electron chi connectivity index (χ3n) is 3.75. The maximum atomic E-state index is 11.8. The van der Waals surface area contributed by atoms with Crippen LogP contribution in [0, 0.1) is 5.92 Å². The van der Waals surface area contributed by atoms with Crippen LogP contribution in [0.2, 0.25) is 0 Å². The van der Waals surface area contributed by atoms with Crippen LogP contribution in [0.4, 0.5) is 0 Å². The van der Waals surface area contributed by atoms with Crippen molar-refractivity contribution in [2.45, 2.75) is 64.5 Å². The number of nitrogens with one attached hydrogen (secondary N) is 2. The maximum Gasteiger partial charge on any atom is 0.234 e. The molecule has 1 fully saturated rings. The molecule has 106 valence electrons. The van der Waals surface area contributed by atoms with Crippen molar-refractivity contribution >= 4 is 5.91 Å². The molecule has 0 aromatic heterocycles. The lowest BCUT2D eigenvalue weighted by molar-refractivity contribution is -0.121. The van der Waals surface area contributed by atoms with Gasteiger partial charge in [-0.2, -0.15) is 0 Å². The van der Waals surface area contributed by atoms with Crippen LogP contribution < -0.4 is 10.6 Å². The number of amides is 1. The van der Waals surface area contributed by atoms with Gasteiger partial charge in [-0.15, -0.1) is 0 Å². The number of carbonyl (C=O) groups excluding carboxylic acids is 1. The number of hydrogen-bond donors (Lipinski definition) is 3. The normalized spacial score (nSPS) is 19.6. The molecule has 0 bridgehead atoms. The van der Waals surface area contributed by atoms with E-state index >= 15 is 0 Å². The van der Waals surface area contributed by atoms with Gasteiger partial charge in [-0.3, -0.25) is 4.79 Å². The molecule has 0 spiro atoms. The molecular formula is C14H28N2O2. The van der Waals surface area contributed by atoms with Crippen molar-refractivity contribution in [2.24, 2.45) is 5.92 Å². The van der Waals surface area contributed by atoms with Gasteiger partial charge in [-0.05, 0) is 18.8 Å². The van der Waals surface area contributed by atoms with Crippen LogP contribution in [0.3, 0.4) is 0 Å². The van der Waals surface area contributed by atoms with Crippen LogP contribution in [-0.4, -0.2) is 36.2 Å². The highest BCUT2D eigenvalue weighted by Gasteiger charge is 2.16. The zero-order valence-electron chi connectivity index (χ0n) is 11.7. The van der Waals surface area contributed by atoms with Crippen LogP contribution >= 0.6 is 0 Å². The van der Waals surface area contributed by atoms with Gasteiger partial charge in [0.25, 0.3) is 0 Å². The fourth-order valence-corrected chi connectivity index (χ4v) is 2.44. The minimum Gasteiger partial charge on any atom is -0.395 e. The van der Waals surface area contributed by atoms with E-state index < -0.39 is 0 Å². The SMILES string of the molecule is CC(C)C(CO)NCC(=O)NC1CCCCCC1. The lowest BCUT2D eigenvalue weighted by atomic mass is 10.1. The van der Waals surface area contributed by atoms with Crippen molar-refractivity contribution in [3.8, 4) is 0 Å². The quantitative estimate of drug-likeness (QED) is 0.630. The largest absolute Gasteiger partial charge is 0.395 e. The standard InChI is InChI=1S/C14H28N2O2/c1-11(2)13(10-17)15-9-14(18)16-12-7-5-3-4-6-8-12/h11-13,15,17H,3-10H2,1-2H3,(H,16,18). The van der Waals surface area contributed by atoms with Crippen molar-refractivity contribution in [1.29, 1.82) is 0 Å². The molecule has 0 saturated heterocycles. The summed E-state index contributed by atoms with van der Waals surface area (Å²) < 4.78 is 0. The molecule has 1 amide bonds. The summed E-state index contributed by atoms with van der Waals surface area (Å²) in [4.78, 5) is 11.8. The molecule has 0 aromatic rings. The number of carbonyl (C=O) groups is 1. The lowest BCUT2D eigenvalue weighted by Crippen LogP contribution is -2.45. The van der Waals surface area contributed by atoms with Gasteiger partial charge in [-0.1, -0.05) is 39.5 Å². The zero-order chi connectivity index (χ0) is 13.4. The third-order valence-corrected chi connectivity index (χ3v) is 3.75. The second-order valence-electron chi connectivity index (χ2n) is 5.67. The van der Waals surface area contributed by atoms with E-state index in [-0.39, 0.29) is 18.6 Å². The van der Waals surface area contributed by atoms with E-state index in [0.717, 1.165) is 12.8 Å². The Labute approximate surface area is 111 Å². The van der Waals surface area contributed by atoms with E-state index in [9.17, 15) is 9.90 Å². The minimum absolute atomic E-state index is 0.00452. The first-order valence-corrected chi connectivity index (χ1v) is 7.27. The molecule has 0 heterocycles. The monoisotopic (exact) mass is 256 g/mol.